The Morgan fingerprint density at radius 3 is 2.70 bits per heavy atom. The summed E-state index contributed by atoms with van der Waals surface area (Å²) in [5.74, 6) is -0.709. The van der Waals surface area contributed by atoms with Crippen LogP contribution in [0.2, 0.25) is 5.02 Å². The van der Waals surface area contributed by atoms with E-state index in [0.29, 0.717) is 9.39 Å². The Balaban J connectivity index is 1.75. The van der Waals surface area contributed by atoms with E-state index in [0.717, 1.165) is 17.3 Å². The van der Waals surface area contributed by atoms with Gasteiger partial charge in [-0.1, -0.05) is 17.7 Å². The molecule has 0 unspecified atom stereocenters. The molecule has 0 bridgehead atoms. The molecule has 0 aromatic carbocycles. The summed E-state index contributed by atoms with van der Waals surface area (Å²) in [4.78, 5) is 17.4. The quantitative estimate of drug-likeness (QED) is 0.503. The second-order valence-corrected chi connectivity index (χ2v) is 7.82. The van der Waals surface area contributed by atoms with E-state index in [9.17, 15) is 18.0 Å². The number of alkyl halides is 3. The van der Waals surface area contributed by atoms with Gasteiger partial charge in [-0.15, -0.1) is 11.3 Å². The molecule has 0 saturated carbocycles. The van der Waals surface area contributed by atoms with Crippen LogP contribution in [-0.2, 0) is 19.8 Å². The van der Waals surface area contributed by atoms with Crippen LogP contribution >= 0.6 is 22.9 Å². The first-order valence-electron chi connectivity index (χ1n) is 8.63. The summed E-state index contributed by atoms with van der Waals surface area (Å²) < 4.78 is 43.1. The first kappa shape index (κ1) is 20.4. The van der Waals surface area contributed by atoms with Gasteiger partial charge in [-0.05, 0) is 24.4 Å². The Labute approximate surface area is 177 Å². The average molecular weight is 455 g/mol. The lowest BCUT2D eigenvalue weighted by atomic mass is 10.2. The fraction of sp³-hybridized carbons (Fsp3) is 0.222. The molecule has 4 aromatic heterocycles. The van der Waals surface area contributed by atoms with Gasteiger partial charge in [-0.2, -0.15) is 23.4 Å². The van der Waals surface area contributed by atoms with Crippen molar-refractivity contribution in [3.63, 3.8) is 0 Å². The molecule has 1 amide bonds. The van der Waals surface area contributed by atoms with Crippen molar-refractivity contribution in [1.29, 1.82) is 0 Å². The summed E-state index contributed by atoms with van der Waals surface area (Å²) in [7, 11) is 1.74. The van der Waals surface area contributed by atoms with Crippen LogP contribution in [0.4, 0.5) is 13.2 Å². The van der Waals surface area contributed by atoms with Gasteiger partial charge in [0.1, 0.15) is 5.02 Å². The van der Waals surface area contributed by atoms with Gasteiger partial charge < -0.3 is 5.32 Å². The Hall–Kier alpha value is -2.92. The molecular weight excluding hydrogens is 441 g/mol. The molecule has 156 valence electrons. The van der Waals surface area contributed by atoms with Crippen molar-refractivity contribution < 1.29 is 18.0 Å². The minimum atomic E-state index is -4.72. The maximum absolute atomic E-state index is 13.7. The second-order valence-electron chi connectivity index (χ2n) is 6.50. The first-order chi connectivity index (χ1) is 14.1. The van der Waals surface area contributed by atoms with Crippen molar-refractivity contribution >= 4 is 34.5 Å². The molecule has 30 heavy (non-hydrogen) atoms. The monoisotopic (exact) mass is 454 g/mol. The van der Waals surface area contributed by atoms with Crippen molar-refractivity contribution in [1.82, 2.24) is 29.7 Å². The Morgan fingerprint density at radius 2 is 2.10 bits per heavy atom. The number of rotatable bonds is 4. The van der Waals surface area contributed by atoms with Gasteiger partial charge in [-0.3, -0.25) is 9.48 Å². The molecule has 12 heteroatoms. The van der Waals surface area contributed by atoms with E-state index in [2.05, 4.69) is 20.5 Å². The van der Waals surface area contributed by atoms with Gasteiger partial charge in [-0.25, -0.2) is 9.50 Å². The van der Waals surface area contributed by atoms with Crippen LogP contribution in [0.5, 0.6) is 0 Å². The number of thiophene rings is 1. The molecule has 0 saturated heterocycles. The maximum atomic E-state index is 13.7. The minimum absolute atomic E-state index is 0.101. The van der Waals surface area contributed by atoms with Crippen LogP contribution in [0.3, 0.4) is 0 Å². The van der Waals surface area contributed by atoms with Crippen LogP contribution in [0.15, 0.2) is 29.8 Å². The standard InChI is InChI=1S/C18H14ClF3N6OS/c1-9-10(8-27(2)25-9)7-23-17(29)15-14(19)16-24-11(12-4-3-5-30-12)6-13(18(20,21)22)28(16)26-15/h3-6,8H,7H2,1-2H3,(H,23,29). The fourth-order valence-corrected chi connectivity index (χ4v) is 3.90. The van der Waals surface area contributed by atoms with Crippen LogP contribution in [0, 0.1) is 6.92 Å². The number of aryl methyl sites for hydroxylation is 2. The predicted molar refractivity (Wildman–Crippen MR) is 105 cm³/mol. The molecule has 0 atom stereocenters. The third-order valence-corrected chi connectivity index (χ3v) is 5.61. The van der Waals surface area contributed by atoms with Crippen molar-refractivity contribution in [3.8, 4) is 10.6 Å². The number of halogens is 4. The van der Waals surface area contributed by atoms with Gasteiger partial charge in [0.15, 0.2) is 17.0 Å². The number of aromatic nitrogens is 5. The van der Waals surface area contributed by atoms with Crippen molar-refractivity contribution in [2.24, 2.45) is 7.05 Å². The molecular formula is C18H14ClF3N6OS. The number of hydrogen-bond acceptors (Lipinski definition) is 5. The topological polar surface area (TPSA) is 77.1 Å². The largest absolute Gasteiger partial charge is 0.433 e. The highest BCUT2D eigenvalue weighted by Gasteiger charge is 2.36. The van der Waals surface area contributed by atoms with E-state index in [1.54, 1.807) is 42.4 Å². The van der Waals surface area contributed by atoms with E-state index in [-0.39, 0.29) is 28.6 Å². The lowest BCUT2D eigenvalue weighted by Gasteiger charge is -2.10. The zero-order valence-electron chi connectivity index (χ0n) is 15.7. The van der Waals surface area contributed by atoms with Crippen molar-refractivity contribution in [2.45, 2.75) is 19.6 Å². The highest BCUT2D eigenvalue weighted by molar-refractivity contribution is 7.13. The van der Waals surface area contributed by atoms with Crippen LogP contribution in [0.1, 0.15) is 27.4 Å². The summed E-state index contributed by atoms with van der Waals surface area (Å²) in [6.07, 6.45) is -2.99. The molecule has 0 fully saturated rings. The third-order valence-electron chi connectivity index (χ3n) is 4.37. The lowest BCUT2D eigenvalue weighted by Crippen LogP contribution is -2.24. The normalized spacial score (nSPS) is 11.9. The molecule has 4 heterocycles. The minimum Gasteiger partial charge on any atom is -0.346 e. The van der Waals surface area contributed by atoms with E-state index in [1.807, 2.05) is 0 Å². The first-order valence-corrected chi connectivity index (χ1v) is 9.88. The van der Waals surface area contributed by atoms with Gasteiger partial charge in [0, 0.05) is 25.4 Å². The van der Waals surface area contributed by atoms with E-state index in [4.69, 9.17) is 11.6 Å². The SMILES string of the molecule is Cc1nn(C)cc1CNC(=O)c1nn2c(C(F)(F)F)cc(-c3cccs3)nc2c1Cl. The predicted octanol–water partition coefficient (Wildman–Crippen LogP) is 4.10. The Kier molecular flexibility index (Phi) is 5.02. The highest BCUT2D eigenvalue weighted by Crippen LogP contribution is 2.35. The zero-order valence-corrected chi connectivity index (χ0v) is 17.2. The zero-order chi connectivity index (χ0) is 21.6. The molecule has 0 aliphatic carbocycles. The second kappa shape index (κ2) is 7.40. The summed E-state index contributed by atoms with van der Waals surface area (Å²) in [6, 6.07) is 4.25. The van der Waals surface area contributed by atoms with Gasteiger partial charge >= 0.3 is 6.18 Å². The number of amides is 1. The number of carbonyl (C=O) groups excluding carboxylic acids is 1. The van der Waals surface area contributed by atoms with Gasteiger partial charge in [0.2, 0.25) is 0 Å². The van der Waals surface area contributed by atoms with E-state index < -0.39 is 17.8 Å². The number of nitrogens with zero attached hydrogens (tertiary/aromatic N) is 5. The summed E-state index contributed by atoms with van der Waals surface area (Å²) in [5.41, 5.74) is -0.0537. The van der Waals surface area contributed by atoms with Crippen LogP contribution in [0.25, 0.3) is 16.2 Å². The highest BCUT2D eigenvalue weighted by atomic mass is 35.5. The smallest absolute Gasteiger partial charge is 0.346 e. The summed E-state index contributed by atoms with van der Waals surface area (Å²) in [5, 5.41) is 12.1. The van der Waals surface area contributed by atoms with Crippen molar-refractivity contribution in [2.75, 3.05) is 0 Å². The molecule has 1 N–H and O–H groups in total. The molecule has 0 radical (unpaired) electrons. The third kappa shape index (κ3) is 3.65. The number of fused-ring (bicyclic) bond motifs is 1. The molecule has 0 aliphatic heterocycles. The average Bonchev–Trinajstić information content (AvgIpc) is 3.38. The Bertz CT molecular complexity index is 1250. The fourth-order valence-electron chi connectivity index (χ4n) is 2.97. The number of nitrogens with one attached hydrogen (secondary N) is 1. The number of hydrogen-bond donors (Lipinski definition) is 1. The molecule has 0 spiro atoms. The van der Waals surface area contributed by atoms with Crippen LogP contribution < -0.4 is 5.32 Å². The van der Waals surface area contributed by atoms with Gasteiger partial charge in [0.05, 0.1) is 16.3 Å². The molecule has 4 aromatic rings. The summed E-state index contributed by atoms with van der Waals surface area (Å²) in [6.45, 7) is 1.91. The molecule has 0 aliphatic rings. The molecule has 7 nitrogen and oxygen atoms in total. The van der Waals surface area contributed by atoms with E-state index >= 15 is 0 Å². The van der Waals surface area contributed by atoms with Crippen LogP contribution in [-0.4, -0.2) is 30.3 Å². The van der Waals surface area contributed by atoms with Gasteiger partial charge in [0.25, 0.3) is 5.91 Å². The Morgan fingerprint density at radius 1 is 1.33 bits per heavy atom. The maximum Gasteiger partial charge on any atom is 0.433 e. The molecule has 4 rings (SSSR count). The van der Waals surface area contributed by atoms with Crippen molar-refractivity contribution in [3.05, 3.63) is 57.4 Å². The van der Waals surface area contributed by atoms with E-state index in [1.165, 1.54) is 11.3 Å². The summed E-state index contributed by atoms with van der Waals surface area (Å²) >= 11 is 7.48. The lowest BCUT2D eigenvalue weighted by molar-refractivity contribution is -0.142. The number of carbonyl (C=O) groups is 1.